The minimum Gasteiger partial charge on any atom is -0.392 e. The van der Waals surface area contributed by atoms with E-state index in [0.29, 0.717) is 40.9 Å². The minimum atomic E-state index is -0.196. The molecule has 0 spiro atoms. The van der Waals surface area contributed by atoms with Crippen molar-refractivity contribution in [1.29, 1.82) is 0 Å². The van der Waals surface area contributed by atoms with Gasteiger partial charge in [0.25, 0.3) is 5.91 Å². The number of hydrogen-bond acceptors (Lipinski definition) is 7. The molecule has 0 saturated carbocycles. The third kappa shape index (κ3) is 4.58. The van der Waals surface area contributed by atoms with Crippen LogP contribution in [0.1, 0.15) is 21.7 Å². The predicted molar refractivity (Wildman–Crippen MR) is 135 cm³/mol. The van der Waals surface area contributed by atoms with Gasteiger partial charge in [-0.3, -0.25) is 14.5 Å². The van der Waals surface area contributed by atoms with Crippen LogP contribution in [-0.2, 0) is 31.5 Å². The highest BCUT2D eigenvalue weighted by Crippen LogP contribution is 2.33. The van der Waals surface area contributed by atoms with Crippen LogP contribution in [0.3, 0.4) is 0 Å². The predicted octanol–water partition coefficient (Wildman–Crippen LogP) is 3.24. The van der Waals surface area contributed by atoms with E-state index in [9.17, 15) is 9.90 Å². The lowest BCUT2D eigenvalue weighted by molar-refractivity contribution is 0.0382. The minimum absolute atomic E-state index is 0.137. The molecule has 186 valence electrons. The fourth-order valence-corrected chi connectivity index (χ4v) is 4.65. The smallest absolute Gasteiger partial charge is 0.271 e. The first-order valence-corrected chi connectivity index (χ1v) is 11.8. The zero-order valence-corrected chi connectivity index (χ0v) is 20.7. The number of halogens is 1. The number of carbonyl (C=O) groups is 1. The van der Waals surface area contributed by atoms with Crippen LogP contribution in [0.2, 0.25) is 5.02 Å². The van der Waals surface area contributed by atoms with Crippen molar-refractivity contribution in [3.63, 3.8) is 0 Å². The highest BCUT2D eigenvalue weighted by molar-refractivity contribution is 6.33. The summed E-state index contributed by atoms with van der Waals surface area (Å²) in [7, 11) is 3.45. The van der Waals surface area contributed by atoms with Crippen molar-refractivity contribution < 1.29 is 14.6 Å². The largest absolute Gasteiger partial charge is 0.392 e. The number of methoxy groups -OCH3 is 1. The summed E-state index contributed by atoms with van der Waals surface area (Å²) < 4.78 is 9.08. The van der Waals surface area contributed by atoms with Gasteiger partial charge < -0.3 is 24.6 Å². The lowest BCUT2D eigenvalue weighted by Gasteiger charge is -2.36. The van der Waals surface area contributed by atoms with Crippen LogP contribution in [0.4, 0.5) is 11.6 Å². The van der Waals surface area contributed by atoms with E-state index in [1.54, 1.807) is 41.3 Å². The van der Waals surface area contributed by atoms with Crippen LogP contribution in [0, 0.1) is 0 Å². The van der Waals surface area contributed by atoms with E-state index in [1.807, 2.05) is 42.1 Å². The van der Waals surface area contributed by atoms with Crippen molar-refractivity contribution in [3.8, 4) is 11.1 Å². The summed E-state index contributed by atoms with van der Waals surface area (Å²) >= 11 is 6.53. The van der Waals surface area contributed by atoms with Crippen molar-refractivity contribution in [1.82, 2.24) is 29.2 Å². The van der Waals surface area contributed by atoms with Crippen LogP contribution < -0.4 is 5.32 Å². The summed E-state index contributed by atoms with van der Waals surface area (Å²) in [6.07, 6.45) is 6.88. The van der Waals surface area contributed by atoms with Gasteiger partial charge in [-0.1, -0.05) is 17.7 Å². The maximum atomic E-state index is 13.6. The molecule has 11 heteroatoms. The van der Waals surface area contributed by atoms with Crippen molar-refractivity contribution in [2.24, 2.45) is 7.05 Å². The molecule has 10 nitrogen and oxygen atoms in total. The number of ether oxygens (including phenoxy) is 1. The number of amides is 1. The lowest BCUT2D eigenvalue weighted by atomic mass is 10.1. The Kier molecular flexibility index (Phi) is 6.73. The quantitative estimate of drug-likeness (QED) is 0.376. The Bertz CT molecular complexity index is 1400. The van der Waals surface area contributed by atoms with E-state index < -0.39 is 0 Å². The maximum absolute atomic E-state index is 13.6. The van der Waals surface area contributed by atoms with E-state index in [-0.39, 0.29) is 25.1 Å². The maximum Gasteiger partial charge on any atom is 0.271 e. The highest BCUT2D eigenvalue weighted by atomic mass is 35.5. The van der Waals surface area contributed by atoms with Crippen LogP contribution in [0.15, 0.2) is 55.1 Å². The van der Waals surface area contributed by atoms with Crippen LogP contribution in [0.5, 0.6) is 0 Å². The number of carbonyl (C=O) groups excluding carboxylic acids is 1. The van der Waals surface area contributed by atoms with Gasteiger partial charge >= 0.3 is 0 Å². The molecule has 0 fully saturated rings. The Morgan fingerprint density at radius 2 is 2.11 bits per heavy atom. The first-order chi connectivity index (χ1) is 17.5. The van der Waals surface area contributed by atoms with E-state index >= 15 is 0 Å². The number of aliphatic hydroxyl groups excluding tert-OH is 1. The van der Waals surface area contributed by atoms with Crippen molar-refractivity contribution >= 4 is 29.1 Å². The topological polar surface area (TPSA) is 110 Å². The zero-order chi connectivity index (χ0) is 25.2. The molecule has 4 aromatic heterocycles. The van der Waals surface area contributed by atoms with E-state index in [2.05, 4.69) is 20.4 Å². The fraction of sp³-hybridized carbons (Fsp3) is 0.280. The second kappa shape index (κ2) is 10.1. The molecule has 5 rings (SSSR count). The van der Waals surface area contributed by atoms with Crippen LogP contribution >= 0.6 is 11.6 Å². The SMILES string of the molecule is COC[C@H]1Cn2cc(-c3cc(Nc4ccnn4C)ncc3Cl)cc2C(=O)N1Cc1ncccc1CO. The summed E-state index contributed by atoms with van der Waals surface area (Å²) in [4.78, 5) is 24.2. The average Bonchev–Trinajstić information content (AvgIpc) is 3.49. The number of hydrogen-bond donors (Lipinski definition) is 2. The standard InChI is InChI=1S/C25H26ClN7O3/c1-31-24(5-7-29-31)30-23-9-19(20(26)10-28-23)17-8-22-25(35)33(18(15-36-2)12-32(22)11-17)13-21-16(14-34)4-3-6-27-21/h3-11,18,34H,12-15H2,1-2H3,(H,28,30)/t18-/m1/s1. The normalized spacial score (nSPS) is 15.3. The summed E-state index contributed by atoms with van der Waals surface area (Å²) in [5, 5.41) is 17.6. The van der Waals surface area contributed by atoms with Gasteiger partial charge in [-0.25, -0.2) is 4.98 Å². The molecule has 0 aliphatic carbocycles. The molecule has 4 aromatic rings. The van der Waals surface area contributed by atoms with Crippen molar-refractivity contribution in [3.05, 3.63) is 77.1 Å². The van der Waals surface area contributed by atoms with Gasteiger partial charge in [-0.15, -0.1) is 0 Å². The molecular weight excluding hydrogens is 482 g/mol. The van der Waals surface area contributed by atoms with Gasteiger partial charge in [0.05, 0.1) is 42.7 Å². The number of fused-ring (bicyclic) bond motifs is 1. The number of aliphatic hydroxyl groups is 1. The summed E-state index contributed by atoms with van der Waals surface area (Å²) in [5.74, 6) is 1.26. The third-order valence-electron chi connectivity index (χ3n) is 6.30. The molecule has 1 aliphatic heterocycles. The van der Waals surface area contributed by atoms with Crippen LogP contribution in [-0.4, -0.2) is 60.0 Å². The third-order valence-corrected chi connectivity index (χ3v) is 6.60. The van der Waals surface area contributed by atoms with Crippen molar-refractivity contribution in [2.45, 2.75) is 25.7 Å². The first-order valence-electron chi connectivity index (χ1n) is 11.4. The molecule has 1 aliphatic rings. The summed E-state index contributed by atoms with van der Waals surface area (Å²) in [5.41, 5.74) is 3.48. The molecule has 0 radical (unpaired) electrons. The second-order valence-corrected chi connectivity index (χ2v) is 9.00. The molecule has 0 aromatic carbocycles. The van der Waals surface area contributed by atoms with Gasteiger partial charge in [0.2, 0.25) is 0 Å². The number of rotatable bonds is 8. The average molecular weight is 508 g/mol. The number of pyridine rings is 2. The summed E-state index contributed by atoms with van der Waals surface area (Å²) in [6.45, 7) is 1.06. The molecule has 1 amide bonds. The van der Waals surface area contributed by atoms with Gasteiger partial charge in [0.15, 0.2) is 0 Å². The fourth-order valence-electron chi connectivity index (χ4n) is 4.44. The van der Waals surface area contributed by atoms with Gasteiger partial charge in [-0.05, 0) is 18.2 Å². The van der Waals surface area contributed by atoms with Crippen LogP contribution in [0.25, 0.3) is 11.1 Å². The molecule has 2 N–H and O–H groups in total. The Morgan fingerprint density at radius 1 is 1.25 bits per heavy atom. The lowest BCUT2D eigenvalue weighted by Crippen LogP contribution is -2.49. The summed E-state index contributed by atoms with van der Waals surface area (Å²) in [6, 6.07) is 8.93. The number of nitrogens with zero attached hydrogens (tertiary/aromatic N) is 6. The monoisotopic (exact) mass is 507 g/mol. The Labute approximate surface area is 213 Å². The van der Waals surface area contributed by atoms with Crippen molar-refractivity contribution in [2.75, 3.05) is 19.0 Å². The molecule has 0 bridgehead atoms. The molecule has 5 heterocycles. The van der Waals surface area contributed by atoms with Gasteiger partial charge in [0, 0.05) is 62.0 Å². The van der Waals surface area contributed by atoms with E-state index in [4.69, 9.17) is 16.3 Å². The Hall–Kier alpha value is -3.73. The first kappa shape index (κ1) is 24.0. The molecular formula is C25H26ClN7O3. The number of aromatic nitrogens is 5. The number of anilines is 2. The second-order valence-electron chi connectivity index (χ2n) is 8.59. The molecule has 0 saturated heterocycles. The van der Waals surface area contributed by atoms with E-state index in [1.165, 1.54) is 0 Å². The van der Waals surface area contributed by atoms with Gasteiger partial charge in [0.1, 0.15) is 17.3 Å². The zero-order valence-electron chi connectivity index (χ0n) is 19.9. The van der Waals surface area contributed by atoms with E-state index in [0.717, 1.165) is 16.9 Å². The highest BCUT2D eigenvalue weighted by Gasteiger charge is 2.34. The molecule has 36 heavy (non-hydrogen) atoms. The number of aryl methyl sites for hydroxylation is 1. The number of nitrogens with one attached hydrogen (secondary N) is 1. The molecule has 0 unspecified atom stereocenters. The van der Waals surface area contributed by atoms with Gasteiger partial charge in [-0.2, -0.15) is 5.10 Å². The Balaban J connectivity index is 1.47. The molecule has 1 atom stereocenters. The Morgan fingerprint density at radius 3 is 2.86 bits per heavy atom.